The van der Waals surface area contributed by atoms with E-state index >= 15 is 0 Å². The van der Waals surface area contributed by atoms with Crippen LogP contribution in [0.2, 0.25) is 0 Å². The number of fused-ring (bicyclic) bond motifs is 2. The number of aryl methyl sites for hydroxylation is 2. The molecule has 1 atom stereocenters. The first-order chi connectivity index (χ1) is 12.9. The molecule has 0 aliphatic heterocycles. The quantitative estimate of drug-likeness (QED) is 0.561. The molecule has 3 aromatic heterocycles. The maximum atomic E-state index is 14.8. The van der Waals surface area contributed by atoms with E-state index in [0.29, 0.717) is 28.0 Å². The van der Waals surface area contributed by atoms with Gasteiger partial charge in [0, 0.05) is 22.7 Å². The fourth-order valence-electron chi connectivity index (χ4n) is 2.90. The fourth-order valence-corrected chi connectivity index (χ4v) is 2.90. The van der Waals surface area contributed by atoms with Crippen LogP contribution in [-0.4, -0.2) is 37.4 Å². The topological polar surface area (TPSA) is 84.7 Å². The minimum absolute atomic E-state index is 0.0779. The maximum Gasteiger partial charge on any atom is 0.247 e. The third kappa shape index (κ3) is 3.31. The molecule has 1 aromatic carbocycles. The van der Waals surface area contributed by atoms with E-state index in [0.717, 1.165) is 5.69 Å². The average molecular weight is 370 g/mol. The van der Waals surface area contributed by atoms with Crippen molar-refractivity contribution in [3.05, 3.63) is 47.8 Å². The Morgan fingerprint density at radius 2 is 2.11 bits per heavy atom. The smallest absolute Gasteiger partial charge is 0.247 e. The Kier molecular flexibility index (Phi) is 4.19. The van der Waals surface area contributed by atoms with Gasteiger partial charge in [-0.1, -0.05) is 0 Å². The Bertz CT molecular complexity index is 1130. The molecule has 0 amide bonds. The average Bonchev–Trinajstić information content (AvgIpc) is 3.18. The normalized spacial score (nSPS) is 12.6. The van der Waals surface area contributed by atoms with Gasteiger partial charge in [-0.3, -0.25) is 0 Å². The molecule has 2 N–H and O–H groups in total. The Balaban J connectivity index is 1.73. The summed E-state index contributed by atoms with van der Waals surface area (Å²) >= 11 is 0. The van der Waals surface area contributed by atoms with Crippen LogP contribution in [-0.2, 0) is 0 Å². The number of hydrogen-bond donors (Lipinski definition) is 2. The molecule has 0 aliphatic rings. The molecule has 0 fully saturated rings. The zero-order valence-corrected chi connectivity index (χ0v) is 15.2. The van der Waals surface area contributed by atoms with Crippen LogP contribution in [0.5, 0.6) is 17.4 Å². The molecule has 7 nitrogen and oxygen atoms in total. The lowest BCUT2D eigenvalue weighted by molar-refractivity contribution is 0.123. The van der Waals surface area contributed by atoms with Gasteiger partial charge in [0.25, 0.3) is 0 Å². The second kappa shape index (κ2) is 6.55. The second-order valence-corrected chi connectivity index (χ2v) is 6.52. The van der Waals surface area contributed by atoms with Gasteiger partial charge in [-0.15, -0.1) is 0 Å². The molecular weight excluding hydrogens is 351 g/mol. The lowest BCUT2D eigenvalue weighted by Gasteiger charge is -2.08. The summed E-state index contributed by atoms with van der Waals surface area (Å²) in [7, 11) is 0. The van der Waals surface area contributed by atoms with Crippen LogP contribution >= 0.6 is 0 Å². The highest BCUT2D eigenvalue weighted by atomic mass is 19.1. The summed E-state index contributed by atoms with van der Waals surface area (Å²) in [6.45, 7) is 5.37. The molecule has 0 saturated heterocycles. The Hall–Kier alpha value is -3.13. The molecule has 0 radical (unpaired) electrons. The zero-order chi connectivity index (χ0) is 19.1. The van der Waals surface area contributed by atoms with Gasteiger partial charge in [-0.25, -0.2) is 8.91 Å². The first-order valence-electron chi connectivity index (χ1n) is 8.54. The van der Waals surface area contributed by atoms with Gasteiger partial charge < -0.3 is 19.6 Å². The number of aromatic nitrogens is 4. The second-order valence-electron chi connectivity index (χ2n) is 6.52. The molecule has 8 heteroatoms. The van der Waals surface area contributed by atoms with Gasteiger partial charge in [-0.05, 0) is 39.0 Å². The third-order valence-electron chi connectivity index (χ3n) is 4.05. The van der Waals surface area contributed by atoms with Crippen LogP contribution in [0.1, 0.15) is 18.4 Å². The van der Waals surface area contributed by atoms with E-state index in [1.54, 1.807) is 48.8 Å². The van der Waals surface area contributed by atoms with Crippen molar-refractivity contribution in [1.82, 2.24) is 19.6 Å². The molecule has 3 heterocycles. The number of nitrogens with one attached hydrogen (secondary N) is 1. The van der Waals surface area contributed by atoms with Crippen LogP contribution in [0.3, 0.4) is 0 Å². The van der Waals surface area contributed by atoms with Crippen LogP contribution in [0.4, 0.5) is 4.39 Å². The Morgan fingerprint density at radius 3 is 2.89 bits per heavy atom. The predicted molar refractivity (Wildman–Crippen MR) is 98.0 cm³/mol. The number of aromatic amines is 1. The highest BCUT2D eigenvalue weighted by Gasteiger charge is 2.16. The zero-order valence-electron chi connectivity index (χ0n) is 15.2. The summed E-state index contributed by atoms with van der Waals surface area (Å²) in [5.41, 5.74) is 2.11. The number of aliphatic hydroxyl groups excluding tert-OH is 1. The Labute approximate surface area is 154 Å². The molecule has 0 spiro atoms. The number of nitrogens with zero attached hydrogens (tertiary/aromatic N) is 3. The lowest BCUT2D eigenvalue weighted by atomic mass is 10.2. The summed E-state index contributed by atoms with van der Waals surface area (Å²) < 4.78 is 27.7. The van der Waals surface area contributed by atoms with Gasteiger partial charge >= 0.3 is 0 Å². The van der Waals surface area contributed by atoms with E-state index in [1.807, 2.05) is 6.92 Å². The number of halogens is 1. The number of hydrogen-bond acceptors (Lipinski definition) is 5. The van der Waals surface area contributed by atoms with E-state index in [2.05, 4.69) is 15.1 Å². The van der Waals surface area contributed by atoms with E-state index in [-0.39, 0.29) is 18.2 Å². The number of benzene rings is 1. The van der Waals surface area contributed by atoms with Crippen LogP contribution in [0.25, 0.3) is 16.4 Å². The minimum atomic E-state index is -0.595. The fraction of sp³-hybridized carbons (Fsp3) is 0.263. The van der Waals surface area contributed by atoms with Crippen molar-refractivity contribution < 1.29 is 19.0 Å². The monoisotopic (exact) mass is 370 g/mol. The summed E-state index contributed by atoms with van der Waals surface area (Å²) in [5, 5.41) is 14.1. The van der Waals surface area contributed by atoms with Crippen LogP contribution in [0.15, 0.2) is 30.5 Å². The summed E-state index contributed by atoms with van der Waals surface area (Å²) in [4.78, 5) is 7.39. The van der Waals surface area contributed by atoms with Crippen molar-refractivity contribution >= 4 is 16.4 Å². The van der Waals surface area contributed by atoms with Crippen molar-refractivity contribution in [3.8, 4) is 17.4 Å². The third-order valence-corrected chi connectivity index (χ3v) is 4.05. The van der Waals surface area contributed by atoms with Crippen LogP contribution in [0, 0.1) is 19.7 Å². The standard InChI is InChI=1S/C19H19FN4O3/c1-10-6-14-15(21-10)4-5-17(18(14)20)27-19-16-7-13(26-9-11(2)25)8-24(16)23-12(3)22-19/h4-8,11,21,25H,9H2,1-3H3/t11-/m1/s1. The van der Waals surface area contributed by atoms with E-state index in [1.165, 1.54) is 0 Å². The molecule has 0 aliphatic carbocycles. The Morgan fingerprint density at radius 1 is 1.30 bits per heavy atom. The highest BCUT2D eigenvalue weighted by molar-refractivity contribution is 5.83. The molecule has 4 rings (SSSR count). The number of ether oxygens (including phenoxy) is 2. The minimum Gasteiger partial charge on any atom is -0.489 e. The molecule has 4 aromatic rings. The van der Waals surface area contributed by atoms with E-state index < -0.39 is 11.9 Å². The lowest BCUT2D eigenvalue weighted by Crippen LogP contribution is -2.12. The largest absolute Gasteiger partial charge is 0.489 e. The van der Waals surface area contributed by atoms with Crippen molar-refractivity contribution in [2.24, 2.45) is 0 Å². The van der Waals surface area contributed by atoms with Crippen LogP contribution < -0.4 is 9.47 Å². The molecule has 140 valence electrons. The predicted octanol–water partition coefficient (Wildman–Crippen LogP) is 3.52. The van der Waals surface area contributed by atoms with Crippen molar-refractivity contribution in [1.29, 1.82) is 0 Å². The SMILES string of the molecule is Cc1nc(Oc2ccc3[nH]c(C)cc3c2F)c2cc(OC[C@@H](C)O)cn2n1. The van der Waals surface area contributed by atoms with E-state index in [4.69, 9.17) is 9.47 Å². The number of H-pyrrole nitrogens is 1. The van der Waals surface area contributed by atoms with E-state index in [9.17, 15) is 9.50 Å². The first-order valence-corrected chi connectivity index (χ1v) is 8.54. The van der Waals surface area contributed by atoms with Gasteiger partial charge in [0.05, 0.1) is 12.3 Å². The summed E-state index contributed by atoms with van der Waals surface area (Å²) in [5.74, 6) is 0.824. The summed E-state index contributed by atoms with van der Waals surface area (Å²) in [6, 6.07) is 6.75. The van der Waals surface area contributed by atoms with Crippen molar-refractivity contribution in [2.75, 3.05) is 6.61 Å². The summed E-state index contributed by atoms with van der Waals surface area (Å²) in [6.07, 6.45) is 1.07. The molecule has 0 bridgehead atoms. The van der Waals surface area contributed by atoms with Gasteiger partial charge in [-0.2, -0.15) is 10.1 Å². The van der Waals surface area contributed by atoms with Crippen molar-refractivity contribution in [2.45, 2.75) is 26.9 Å². The molecular formula is C19H19FN4O3. The van der Waals surface area contributed by atoms with Gasteiger partial charge in [0.1, 0.15) is 23.7 Å². The highest BCUT2D eigenvalue weighted by Crippen LogP contribution is 2.32. The molecule has 27 heavy (non-hydrogen) atoms. The molecule has 0 saturated carbocycles. The molecule has 0 unspecified atom stereocenters. The first kappa shape index (κ1) is 17.3. The van der Waals surface area contributed by atoms with Gasteiger partial charge in [0.15, 0.2) is 11.6 Å². The van der Waals surface area contributed by atoms with Crippen molar-refractivity contribution in [3.63, 3.8) is 0 Å². The maximum absolute atomic E-state index is 14.8. The number of aliphatic hydroxyl groups is 1. The number of rotatable bonds is 5. The van der Waals surface area contributed by atoms with Gasteiger partial charge in [0.2, 0.25) is 5.88 Å².